The van der Waals surface area contributed by atoms with E-state index in [0.29, 0.717) is 6.04 Å². The molecule has 1 atom stereocenters. The van der Waals surface area contributed by atoms with Crippen LogP contribution in [0.4, 0.5) is 11.6 Å². The van der Waals surface area contributed by atoms with Gasteiger partial charge in [0.15, 0.2) is 0 Å². The van der Waals surface area contributed by atoms with Gasteiger partial charge in [-0.1, -0.05) is 0 Å². The number of nitrogens with zero attached hydrogens (tertiary/aromatic N) is 4. The fourth-order valence-corrected chi connectivity index (χ4v) is 3.00. The predicted molar refractivity (Wildman–Crippen MR) is 87.0 cm³/mol. The Bertz CT molecular complexity index is 753. The Kier molecular flexibility index (Phi) is 3.34. The SMILES string of the molecule is c1cnc(N2CCCC(Nc3ccc4[nH]ncc4c3)C2)nc1. The maximum absolute atomic E-state index is 4.35. The van der Waals surface area contributed by atoms with Gasteiger partial charge in [-0.15, -0.1) is 0 Å². The van der Waals surface area contributed by atoms with E-state index >= 15 is 0 Å². The summed E-state index contributed by atoms with van der Waals surface area (Å²) < 4.78 is 0. The second-order valence-corrected chi connectivity index (χ2v) is 5.65. The second kappa shape index (κ2) is 5.63. The smallest absolute Gasteiger partial charge is 0.225 e. The summed E-state index contributed by atoms with van der Waals surface area (Å²) in [4.78, 5) is 11.0. The second-order valence-electron chi connectivity index (χ2n) is 5.65. The molecule has 0 saturated carbocycles. The number of hydrogen-bond donors (Lipinski definition) is 2. The summed E-state index contributed by atoms with van der Waals surface area (Å²) in [5.74, 6) is 0.819. The maximum Gasteiger partial charge on any atom is 0.225 e. The van der Waals surface area contributed by atoms with Crippen LogP contribution in [0.25, 0.3) is 10.9 Å². The quantitative estimate of drug-likeness (QED) is 0.776. The molecule has 1 saturated heterocycles. The topological polar surface area (TPSA) is 69.7 Å². The molecule has 1 unspecified atom stereocenters. The first-order valence-corrected chi connectivity index (χ1v) is 7.60. The van der Waals surface area contributed by atoms with E-state index < -0.39 is 0 Å². The Balaban J connectivity index is 1.48. The summed E-state index contributed by atoms with van der Waals surface area (Å²) >= 11 is 0. The van der Waals surface area contributed by atoms with Crippen LogP contribution < -0.4 is 10.2 Å². The third-order valence-corrected chi connectivity index (χ3v) is 4.07. The maximum atomic E-state index is 4.35. The first-order valence-electron chi connectivity index (χ1n) is 7.60. The summed E-state index contributed by atoms with van der Waals surface area (Å²) in [7, 11) is 0. The highest BCUT2D eigenvalue weighted by molar-refractivity contribution is 5.81. The van der Waals surface area contributed by atoms with Crippen LogP contribution in [0.15, 0.2) is 42.9 Å². The average molecular weight is 294 g/mol. The molecule has 0 amide bonds. The van der Waals surface area contributed by atoms with Crippen LogP contribution >= 0.6 is 0 Å². The molecule has 112 valence electrons. The number of hydrogen-bond acceptors (Lipinski definition) is 5. The number of aromatic amines is 1. The van der Waals surface area contributed by atoms with Gasteiger partial charge in [-0.05, 0) is 37.1 Å². The Labute approximate surface area is 128 Å². The van der Waals surface area contributed by atoms with Crippen LogP contribution in [0.5, 0.6) is 0 Å². The molecule has 22 heavy (non-hydrogen) atoms. The van der Waals surface area contributed by atoms with Crippen LogP contribution in [0.3, 0.4) is 0 Å². The van der Waals surface area contributed by atoms with Crippen LogP contribution in [0.2, 0.25) is 0 Å². The number of fused-ring (bicyclic) bond motifs is 1. The first-order chi connectivity index (χ1) is 10.9. The van der Waals surface area contributed by atoms with E-state index in [-0.39, 0.29) is 0 Å². The van der Waals surface area contributed by atoms with Crippen molar-refractivity contribution in [3.8, 4) is 0 Å². The Hall–Kier alpha value is -2.63. The van der Waals surface area contributed by atoms with Crippen LogP contribution in [-0.2, 0) is 0 Å². The molecule has 0 spiro atoms. The minimum Gasteiger partial charge on any atom is -0.381 e. The van der Waals surface area contributed by atoms with E-state index in [1.165, 1.54) is 0 Å². The van der Waals surface area contributed by atoms with E-state index in [1.54, 1.807) is 12.4 Å². The van der Waals surface area contributed by atoms with Gasteiger partial charge in [0.05, 0.1) is 11.7 Å². The molecule has 1 aromatic carbocycles. The zero-order valence-corrected chi connectivity index (χ0v) is 12.2. The van der Waals surface area contributed by atoms with Gasteiger partial charge >= 0.3 is 0 Å². The molecule has 0 aliphatic carbocycles. The van der Waals surface area contributed by atoms with Gasteiger partial charge in [0.1, 0.15) is 0 Å². The number of rotatable bonds is 3. The highest BCUT2D eigenvalue weighted by Gasteiger charge is 2.21. The molecule has 1 fully saturated rings. The molecular weight excluding hydrogens is 276 g/mol. The zero-order valence-electron chi connectivity index (χ0n) is 12.2. The lowest BCUT2D eigenvalue weighted by molar-refractivity contribution is 0.523. The number of piperidine rings is 1. The first kappa shape index (κ1) is 13.1. The van der Waals surface area contributed by atoms with Crippen molar-refractivity contribution < 1.29 is 0 Å². The molecule has 6 nitrogen and oxygen atoms in total. The number of benzene rings is 1. The molecular formula is C16H18N6. The number of nitrogens with one attached hydrogen (secondary N) is 2. The van der Waals surface area contributed by atoms with E-state index in [4.69, 9.17) is 0 Å². The van der Waals surface area contributed by atoms with Crippen molar-refractivity contribution in [2.75, 3.05) is 23.3 Å². The minimum absolute atomic E-state index is 0.405. The van der Waals surface area contributed by atoms with Crippen molar-refractivity contribution in [2.45, 2.75) is 18.9 Å². The number of H-pyrrole nitrogens is 1. The van der Waals surface area contributed by atoms with Gasteiger partial charge in [-0.25, -0.2) is 9.97 Å². The molecule has 0 bridgehead atoms. The van der Waals surface area contributed by atoms with Crippen molar-refractivity contribution in [3.05, 3.63) is 42.9 Å². The van der Waals surface area contributed by atoms with Gasteiger partial charge in [-0.2, -0.15) is 5.10 Å². The molecule has 6 heteroatoms. The van der Waals surface area contributed by atoms with Crippen LogP contribution in [-0.4, -0.2) is 39.3 Å². The lowest BCUT2D eigenvalue weighted by atomic mass is 10.1. The van der Waals surface area contributed by atoms with Crippen LogP contribution in [0, 0.1) is 0 Å². The lowest BCUT2D eigenvalue weighted by Crippen LogP contribution is -2.42. The van der Waals surface area contributed by atoms with Crippen molar-refractivity contribution >= 4 is 22.5 Å². The lowest BCUT2D eigenvalue weighted by Gasteiger charge is -2.33. The van der Waals surface area contributed by atoms with Gasteiger partial charge in [0.25, 0.3) is 0 Å². The zero-order chi connectivity index (χ0) is 14.8. The molecule has 2 N–H and O–H groups in total. The molecule has 4 rings (SSSR count). The third-order valence-electron chi connectivity index (χ3n) is 4.07. The van der Waals surface area contributed by atoms with Crippen molar-refractivity contribution in [3.63, 3.8) is 0 Å². The van der Waals surface area contributed by atoms with E-state index in [0.717, 1.165) is 48.5 Å². The van der Waals surface area contributed by atoms with Crippen LogP contribution in [0.1, 0.15) is 12.8 Å². The summed E-state index contributed by atoms with van der Waals surface area (Å²) in [5.41, 5.74) is 2.20. The normalized spacial score (nSPS) is 18.5. The van der Waals surface area contributed by atoms with E-state index in [9.17, 15) is 0 Å². The Morgan fingerprint density at radius 3 is 3.05 bits per heavy atom. The van der Waals surface area contributed by atoms with E-state index in [2.05, 4.69) is 48.6 Å². The molecule has 3 aromatic rings. The predicted octanol–water partition coefficient (Wildman–Crippen LogP) is 2.43. The van der Waals surface area contributed by atoms with Crippen molar-refractivity contribution in [2.24, 2.45) is 0 Å². The minimum atomic E-state index is 0.405. The number of anilines is 2. The van der Waals surface area contributed by atoms with Gasteiger partial charge in [0.2, 0.25) is 5.95 Å². The highest BCUT2D eigenvalue weighted by Crippen LogP contribution is 2.21. The average Bonchev–Trinajstić information content (AvgIpc) is 3.04. The Morgan fingerprint density at radius 2 is 2.14 bits per heavy atom. The van der Waals surface area contributed by atoms with Gasteiger partial charge in [-0.3, -0.25) is 5.10 Å². The monoisotopic (exact) mass is 294 g/mol. The van der Waals surface area contributed by atoms with Crippen molar-refractivity contribution in [1.29, 1.82) is 0 Å². The Morgan fingerprint density at radius 1 is 1.23 bits per heavy atom. The van der Waals surface area contributed by atoms with Crippen molar-refractivity contribution in [1.82, 2.24) is 20.2 Å². The molecule has 2 aromatic heterocycles. The summed E-state index contributed by atoms with van der Waals surface area (Å²) in [6.45, 7) is 1.94. The van der Waals surface area contributed by atoms with Gasteiger partial charge < -0.3 is 10.2 Å². The fraction of sp³-hybridized carbons (Fsp3) is 0.312. The summed E-state index contributed by atoms with van der Waals surface area (Å²) in [6.07, 6.45) is 7.75. The largest absolute Gasteiger partial charge is 0.381 e. The summed E-state index contributed by atoms with van der Waals surface area (Å²) in [6, 6.07) is 8.55. The third kappa shape index (κ3) is 2.59. The highest BCUT2D eigenvalue weighted by atomic mass is 15.3. The molecule has 1 aliphatic rings. The van der Waals surface area contributed by atoms with Gasteiger partial charge in [0, 0.05) is 42.6 Å². The molecule has 1 aliphatic heterocycles. The molecule has 0 radical (unpaired) electrons. The fourth-order valence-electron chi connectivity index (χ4n) is 3.00. The molecule has 3 heterocycles. The number of aromatic nitrogens is 4. The van der Waals surface area contributed by atoms with E-state index in [1.807, 2.05) is 12.3 Å². The standard InChI is InChI=1S/C16H18N6/c1-3-14(11-22(8-1)16-17-6-2-7-18-16)20-13-4-5-15-12(9-13)10-19-21-15/h2,4-7,9-10,14,20H,1,3,8,11H2,(H,19,21). The summed E-state index contributed by atoms with van der Waals surface area (Å²) in [5, 5.41) is 11.8.